The standard InChI is InChI=1S/C21H22ClFN4S/c1-15-10-12-25(13-11-15)14-26-21(28)27(19-9-5-4-8-18(19)23)20(24-26)16-6-2-3-7-17(16)22/h2-9,15H,10-14H2,1H3. The number of rotatable bonds is 4. The van der Waals surface area contributed by atoms with Crippen molar-refractivity contribution >= 4 is 23.8 Å². The minimum Gasteiger partial charge on any atom is -0.284 e. The minimum atomic E-state index is -0.349. The van der Waals surface area contributed by atoms with Gasteiger partial charge in [-0.2, -0.15) is 0 Å². The largest absolute Gasteiger partial charge is 0.284 e. The van der Waals surface area contributed by atoms with Gasteiger partial charge in [0.2, 0.25) is 4.77 Å². The van der Waals surface area contributed by atoms with Gasteiger partial charge in [0, 0.05) is 18.7 Å². The molecule has 0 unspecified atom stereocenters. The van der Waals surface area contributed by atoms with Crippen LogP contribution in [0.1, 0.15) is 19.8 Å². The van der Waals surface area contributed by atoms with Crippen molar-refractivity contribution in [3.8, 4) is 17.1 Å². The Balaban J connectivity index is 1.82. The highest BCUT2D eigenvalue weighted by Crippen LogP contribution is 2.30. The van der Waals surface area contributed by atoms with Crippen molar-refractivity contribution in [3.63, 3.8) is 0 Å². The number of likely N-dealkylation sites (tertiary alicyclic amines) is 1. The monoisotopic (exact) mass is 416 g/mol. The Labute approximate surface area is 174 Å². The first-order valence-corrected chi connectivity index (χ1v) is 10.2. The van der Waals surface area contributed by atoms with Crippen molar-refractivity contribution in [1.82, 2.24) is 19.2 Å². The molecule has 1 aliphatic heterocycles. The third-order valence-corrected chi connectivity index (χ3v) is 5.98. The lowest BCUT2D eigenvalue weighted by Gasteiger charge is -2.29. The number of piperidine rings is 1. The lowest BCUT2D eigenvalue weighted by Crippen LogP contribution is -2.34. The zero-order chi connectivity index (χ0) is 19.7. The summed E-state index contributed by atoms with van der Waals surface area (Å²) in [6, 6.07) is 14.0. The Hall–Kier alpha value is -2.02. The molecule has 0 radical (unpaired) electrons. The van der Waals surface area contributed by atoms with Crippen LogP contribution in [-0.2, 0) is 6.67 Å². The average Bonchev–Trinajstić information content (AvgIpc) is 3.00. The number of para-hydroxylation sites is 1. The highest BCUT2D eigenvalue weighted by Gasteiger charge is 2.21. The van der Waals surface area contributed by atoms with E-state index in [1.807, 2.05) is 18.2 Å². The van der Waals surface area contributed by atoms with E-state index in [1.54, 1.807) is 33.5 Å². The Morgan fingerprint density at radius 3 is 2.50 bits per heavy atom. The van der Waals surface area contributed by atoms with Crippen molar-refractivity contribution in [3.05, 3.63) is 64.1 Å². The molecule has 146 valence electrons. The number of hydrogen-bond donors (Lipinski definition) is 0. The number of nitrogens with zero attached hydrogens (tertiary/aromatic N) is 4. The van der Waals surface area contributed by atoms with Crippen LogP contribution in [0.5, 0.6) is 0 Å². The van der Waals surface area contributed by atoms with Gasteiger partial charge in [-0.05, 0) is 55.2 Å². The van der Waals surface area contributed by atoms with E-state index in [0.717, 1.165) is 24.6 Å². The van der Waals surface area contributed by atoms with E-state index in [-0.39, 0.29) is 5.82 Å². The fourth-order valence-corrected chi connectivity index (χ4v) is 4.06. The molecule has 1 aromatic heterocycles. The van der Waals surface area contributed by atoms with Gasteiger partial charge in [0.05, 0.1) is 17.4 Å². The van der Waals surface area contributed by atoms with Crippen LogP contribution >= 0.6 is 23.8 Å². The maximum Gasteiger partial charge on any atom is 0.204 e. The Bertz CT molecular complexity index is 1040. The molecule has 0 aliphatic carbocycles. The maximum atomic E-state index is 14.6. The van der Waals surface area contributed by atoms with Crippen LogP contribution in [0.3, 0.4) is 0 Å². The van der Waals surface area contributed by atoms with Gasteiger partial charge in [-0.15, -0.1) is 5.10 Å². The average molecular weight is 417 g/mol. The summed E-state index contributed by atoms with van der Waals surface area (Å²) in [5.41, 5.74) is 1.10. The van der Waals surface area contributed by atoms with Crippen LogP contribution in [0.15, 0.2) is 48.5 Å². The highest BCUT2D eigenvalue weighted by molar-refractivity contribution is 7.71. The fourth-order valence-electron chi connectivity index (χ4n) is 3.56. The first-order valence-electron chi connectivity index (χ1n) is 9.46. The van der Waals surface area contributed by atoms with Gasteiger partial charge in [-0.3, -0.25) is 9.47 Å². The molecular weight excluding hydrogens is 395 g/mol. The molecule has 4 rings (SSSR count). The smallest absolute Gasteiger partial charge is 0.204 e. The molecule has 1 fully saturated rings. The molecule has 3 aromatic rings. The first kappa shape index (κ1) is 19.3. The van der Waals surface area contributed by atoms with Crippen molar-refractivity contribution < 1.29 is 4.39 Å². The van der Waals surface area contributed by atoms with E-state index in [4.69, 9.17) is 28.9 Å². The molecule has 0 N–H and O–H groups in total. The quantitative estimate of drug-likeness (QED) is 0.521. The third kappa shape index (κ3) is 3.77. The summed E-state index contributed by atoms with van der Waals surface area (Å²) in [7, 11) is 0. The van der Waals surface area contributed by atoms with Gasteiger partial charge in [0.1, 0.15) is 5.82 Å². The van der Waals surface area contributed by atoms with E-state index in [1.165, 1.54) is 18.9 Å². The van der Waals surface area contributed by atoms with Crippen molar-refractivity contribution in [2.45, 2.75) is 26.4 Å². The van der Waals surface area contributed by atoms with Crippen LogP contribution in [0.4, 0.5) is 4.39 Å². The van der Waals surface area contributed by atoms with Crippen LogP contribution in [0, 0.1) is 16.5 Å². The molecule has 4 nitrogen and oxygen atoms in total. The molecule has 0 bridgehead atoms. The Morgan fingerprint density at radius 2 is 1.79 bits per heavy atom. The molecule has 2 aromatic carbocycles. The lowest BCUT2D eigenvalue weighted by atomic mass is 10.00. The number of halogens is 2. The SMILES string of the molecule is CC1CCN(Cn2nc(-c3ccccc3Cl)n(-c3ccccc3F)c2=S)CC1. The second-order valence-electron chi connectivity index (χ2n) is 7.31. The van der Waals surface area contributed by atoms with Gasteiger partial charge >= 0.3 is 0 Å². The Morgan fingerprint density at radius 1 is 1.11 bits per heavy atom. The van der Waals surface area contributed by atoms with Gasteiger partial charge in [-0.1, -0.05) is 42.8 Å². The van der Waals surface area contributed by atoms with Crippen LogP contribution in [-0.4, -0.2) is 32.3 Å². The zero-order valence-electron chi connectivity index (χ0n) is 15.7. The molecule has 1 aliphatic rings. The molecule has 0 spiro atoms. The minimum absolute atomic E-state index is 0.349. The molecule has 0 amide bonds. The third-order valence-electron chi connectivity index (χ3n) is 5.26. The first-order chi connectivity index (χ1) is 13.5. The molecular formula is C21H22ClFN4S. The zero-order valence-corrected chi connectivity index (χ0v) is 17.3. The number of aromatic nitrogens is 3. The highest BCUT2D eigenvalue weighted by atomic mass is 35.5. The van der Waals surface area contributed by atoms with E-state index in [9.17, 15) is 4.39 Å². The molecule has 1 saturated heterocycles. The molecule has 0 saturated carbocycles. The summed E-state index contributed by atoms with van der Waals surface area (Å²) in [6.45, 7) is 4.89. The molecule has 0 atom stereocenters. The Kier molecular flexibility index (Phi) is 5.62. The van der Waals surface area contributed by atoms with E-state index < -0.39 is 0 Å². The van der Waals surface area contributed by atoms with Crippen molar-refractivity contribution in [2.24, 2.45) is 5.92 Å². The fraction of sp³-hybridized carbons (Fsp3) is 0.333. The van der Waals surface area contributed by atoms with Gasteiger partial charge in [0.25, 0.3) is 0 Å². The van der Waals surface area contributed by atoms with Gasteiger partial charge < -0.3 is 0 Å². The lowest BCUT2D eigenvalue weighted by molar-refractivity contribution is 0.146. The topological polar surface area (TPSA) is 26.0 Å². The predicted octanol–water partition coefficient (Wildman–Crippen LogP) is 5.55. The van der Waals surface area contributed by atoms with Gasteiger partial charge in [0.15, 0.2) is 5.82 Å². The summed E-state index contributed by atoms with van der Waals surface area (Å²) in [4.78, 5) is 2.34. The molecule has 2 heterocycles. The second-order valence-corrected chi connectivity index (χ2v) is 8.09. The summed E-state index contributed by atoms with van der Waals surface area (Å²) < 4.78 is 18.5. The summed E-state index contributed by atoms with van der Waals surface area (Å²) in [5, 5.41) is 5.31. The normalized spacial score (nSPS) is 15.8. The van der Waals surface area contributed by atoms with Crippen molar-refractivity contribution in [1.29, 1.82) is 0 Å². The second kappa shape index (κ2) is 8.15. The summed E-state index contributed by atoms with van der Waals surface area (Å²) >= 11 is 12.1. The van der Waals surface area contributed by atoms with Crippen molar-refractivity contribution in [2.75, 3.05) is 13.1 Å². The molecule has 7 heteroatoms. The number of benzene rings is 2. The van der Waals surface area contributed by atoms with Gasteiger partial charge in [-0.25, -0.2) is 9.07 Å². The maximum absolute atomic E-state index is 14.6. The van der Waals surface area contributed by atoms with E-state index >= 15 is 0 Å². The van der Waals surface area contributed by atoms with Crippen LogP contribution < -0.4 is 0 Å². The van der Waals surface area contributed by atoms with E-state index in [0.29, 0.717) is 28.0 Å². The predicted molar refractivity (Wildman–Crippen MR) is 113 cm³/mol. The molecule has 28 heavy (non-hydrogen) atoms. The number of hydrogen-bond acceptors (Lipinski definition) is 3. The van der Waals surface area contributed by atoms with Crippen LogP contribution in [0.2, 0.25) is 5.02 Å². The summed E-state index contributed by atoms with van der Waals surface area (Å²) in [6.07, 6.45) is 2.33. The van der Waals surface area contributed by atoms with Crippen LogP contribution in [0.25, 0.3) is 17.1 Å². The summed E-state index contributed by atoms with van der Waals surface area (Å²) in [5.74, 6) is 0.947. The van der Waals surface area contributed by atoms with E-state index in [2.05, 4.69) is 11.8 Å².